The Morgan fingerprint density at radius 1 is 0.815 bits per heavy atom. The molecule has 0 bridgehead atoms. The Bertz CT molecular complexity index is 896. The first-order valence-corrected chi connectivity index (χ1v) is 10.8. The summed E-state index contributed by atoms with van der Waals surface area (Å²) in [5, 5.41) is 1.51. The van der Waals surface area contributed by atoms with E-state index in [2.05, 4.69) is 0 Å². The molecule has 138 valence electrons. The Hall–Kier alpha value is -2.64. The molecule has 3 nitrogen and oxygen atoms in total. The molecule has 0 heterocycles. The number of carbonyl (C=O) groups is 1. The van der Waals surface area contributed by atoms with Crippen LogP contribution in [0.4, 0.5) is 0 Å². The van der Waals surface area contributed by atoms with Gasteiger partial charge in [-0.15, -0.1) is 0 Å². The predicted molar refractivity (Wildman–Crippen MR) is 110 cm³/mol. The fourth-order valence-corrected chi connectivity index (χ4v) is 6.45. The minimum absolute atomic E-state index is 0.192. The molecule has 0 spiro atoms. The second-order valence-electron chi connectivity index (χ2n) is 6.76. The minimum atomic E-state index is -3.04. The molecular formula is C23H23O3P. The van der Waals surface area contributed by atoms with Gasteiger partial charge in [0.05, 0.1) is 6.16 Å². The lowest BCUT2D eigenvalue weighted by Gasteiger charge is -2.34. The molecule has 1 unspecified atom stereocenters. The van der Waals surface area contributed by atoms with E-state index in [0.717, 1.165) is 16.2 Å². The van der Waals surface area contributed by atoms with E-state index in [1.807, 2.05) is 97.9 Å². The minimum Gasteiger partial charge on any atom is -0.454 e. The van der Waals surface area contributed by atoms with E-state index in [4.69, 9.17) is 4.74 Å². The average molecular weight is 378 g/mol. The van der Waals surface area contributed by atoms with Gasteiger partial charge in [0.1, 0.15) is 12.7 Å². The quantitative estimate of drug-likeness (QED) is 0.469. The Morgan fingerprint density at radius 3 is 1.63 bits per heavy atom. The summed E-state index contributed by atoms with van der Waals surface area (Å²) in [6, 6.07) is 28.4. The van der Waals surface area contributed by atoms with Gasteiger partial charge in [-0.1, -0.05) is 91.0 Å². The van der Waals surface area contributed by atoms with Gasteiger partial charge in [0.25, 0.3) is 0 Å². The number of benzene rings is 3. The van der Waals surface area contributed by atoms with E-state index < -0.39 is 18.7 Å². The summed E-state index contributed by atoms with van der Waals surface area (Å²) in [7, 11) is -3.04. The molecule has 0 fully saturated rings. The standard InChI is InChI=1S/C23H23O3P/c1-19(24)26-23(2,20-12-6-3-7-13-20)18-27(25,21-14-8-4-9-15-21)22-16-10-5-11-17-22/h3-17H,18H2,1-2H3. The van der Waals surface area contributed by atoms with Crippen molar-refractivity contribution in [3.05, 3.63) is 96.6 Å². The van der Waals surface area contributed by atoms with Crippen LogP contribution in [0.3, 0.4) is 0 Å². The lowest BCUT2D eigenvalue weighted by Crippen LogP contribution is -2.36. The van der Waals surface area contributed by atoms with Crippen LogP contribution in [-0.4, -0.2) is 12.1 Å². The van der Waals surface area contributed by atoms with E-state index in [1.165, 1.54) is 6.92 Å². The number of rotatable bonds is 6. The molecule has 3 aromatic carbocycles. The highest BCUT2D eigenvalue weighted by atomic mass is 31.2. The summed E-state index contributed by atoms with van der Waals surface area (Å²) in [6.45, 7) is 3.22. The van der Waals surface area contributed by atoms with Gasteiger partial charge in [0.2, 0.25) is 0 Å². The molecule has 3 aromatic rings. The highest BCUT2D eigenvalue weighted by molar-refractivity contribution is 7.78. The molecule has 0 aliphatic rings. The topological polar surface area (TPSA) is 43.4 Å². The van der Waals surface area contributed by atoms with Gasteiger partial charge >= 0.3 is 5.97 Å². The zero-order chi connectivity index (χ0) is 19.3. The molecule has 1 atom stereocenters. The van der Waals surface area contributed by atoms with E-state index >= 15 is 0 Å². The van der Waals surface area contributed by atoms with Crippen molar-refractivity contribution in [2.45, 2.75) is 19.4 Å². The van der Waals surface area contributed by atoms with Crippen LogP contribution < -0.4 is 10.6 Å². The van der Waals surface area contributed by atoms with Crippen molar-refractivity contribution in [2.24, 2.45) is 0 Å². The van der Waals surface area contributed by atoms with Crippen LogP contribution in [0, 0.1) is 0 Å². The number of hydrogen-bond acceptors (Lipinski definition) is 3. The number of esters is 1. The largest absolute Gasteiger partial charge is 0.454 e. The van der Waals surface area contributed by atoms with Gasteiger partial charge in [-0.25, -0.2) is 0 Å². The molecule has 0 aliphatic heterocycles. The van der Waals surface area contributed by atoms with Crippen molar-refractivity contribution in [3.63, 3.8) is 0 Å². The summed E-state index contributed by atoms with van der Waals surface area (Å²) in [6.07, 6.45) is 0.192. The molecule has 4 heteroatoms. The van der Waals surface area contributed by atoms with Crippen LogP contribution in [-0.2, 0) is 19.7 Å². The number of carbonyl (C=O) groups excluding carboxylic acids is 1. The normalized spacial score (nSPS) is 13.6. The molecule has 0 saturated carbocycles. The highest BCUT2D eigenvalue weighted by Crippen LogP contribution is 2.49. The van der Waals surface area contributed by atoms with Gasteiger partial charge in [-0.2, -0.15) is 0 Å². The maximum atomic E-state index is 14.4. The molecule has 0 N–H and O–H groups in total. The molecule has 3 rings (SSSR count). The molecule has 0 aromatic heterocycles. The molecule has 0 aliphatic carbocycles. The maximum Gasteiger partial charge on any atom is 0.303 e. The van der Waals surface area contributed by atoms with Gasteiger partial charge < -0.3 is 9.30 Å². The Kier molecular flexibility index (Phi) is 5.62. The third-order valence-corrected chi connectivity index (χ3v) is 7.94. The summed E-state index contributed by atoms with van der Waals surface area (Å²) >= 11 is 0. The van der Waals surface area contributed by atoms with Crippen LogP contribution >= 0.6 is 7.14 Å². The summed E-state index contributed by atoms with van der Waals surface area (Å²) in [5.74, 6) is -0.394. The smallest absolute Gasteiger partial charge is 0.303 e. The lowest BCUT2D eigenvalue weighted by atomic mass is 9.98. The van der Waals surface area contributed by atoms with Crippen molar-refractivity contribution in [2.75, 3.05) is 6.16 Å². The summed E-state index contributed by atoms with van der Waals surface area (Å²) in [4.78, 5) is 11.9. The van der Waals surface area contributed by atoms with Gasteiger partial charge in [0, 0.05) is 17.5 Å². The van der Waals surface area contributed by atoms with Crippen molar-refractivity contribution in [1.82, 2.24) is 0 Å². The van der Waals surface area contributed by atoms with Crippen LogP contribution in [0.1, 0.15) is 19.4 Å². The fraction of sp³-hybridized carbons (Fsp3) is 0.174. The summed E-state index contributed by atoms with van der Waals surface area (Å²) < 4.78 is 20.1. The number of hydrogen-bond donors (Lipinski definition) is 0. The molecular weight excluding hydrogens is 355 g/mol. The zero-order valence-corrected chi connectivity index (χ0v) is 16.4. The van der Waals surface area contributed by atoms with Crippen molar-refractivity contribution >= 4 is 23.7 Å². The third-order valence-electron chi connectivity index (χ3n) is 4.62. The zero-order valence-electron chi connectivity index (χ0n) is 15.5. The molecule has 0 amide bonds. The molecule has 0 saturated heterocycles. The molecule has 27 heavy (non-hydrogen) atoms. The van der Waals surface area contributed by atoms with Crippen LogP contribution in [0.2, 0.25) is 0 Å². The predicted octanol–water partition coefficient (Wildman–Crippen LogP) is 4.48. The Morgan fingerprint density at radius 2 is 1.22 bits per heavy atom. The first-order valence-electron chi connectivity index (χ1n) is 8.89. The second-order valence-corrected chi connectivity index (χ2v) is 9.59. The van der Waals surface area contributed by atoms with Crippen LogP contribution in [0.5, 0.6) is 0 Å². The van der Waals surface area contributed by atoms with Gasteiger partial charge in [-0.3, -0.25) is 4.79 Å². The van der Waals surface area contributed by atoms with Gasteiger partial charge in [0.15, 0.2) is 0 Å². The third kappa shape index (κ3) is 4.20. The first-order chi connectivity index (χ1) is 12.9. The van der Waals surface area contributed by atoms with E-state index in [9.17, 15) is 9.36 Å². The SMILES string of the molecule is CC(=O)OC(C)(CP(=O)(c1ccccc1)c1ccccc1)c1ccccc1. The van der Waals surface area contributed by atoms with Crippen molar-refractivity contribution in [3.8, 4) is 0 Å². The average Bonchev–Trinajstić information content (AvgIpc) is 2.69. The van der Waals surface area contributed by atoms with Crippen molar-refractivity contribution in [1.29, 1.82) is 0 Å². The second kappa shape index (κ2) is 7.94. The summed E-state index contributed by atoms with van der Waals surface area (Å²) in [5.41, 5.74) is -0.179. The highest BCUT2D eigenvalue weighted by Gasteiger charge is 2.40. The van der Waals surface area contributed by atoms with E-state index in [1.54, 1.807) is 0 Å². The van der Waals surface area contributed by atoms with Crippen LogP contribution in [0.25, 0.3) is 0 Å². The van der Waals surface area contributed by atoms with Gasteiger partial charge in [-0.05, 0) is 12.5 Å². The lowest BCUT2D eigenvalue weighted by molar-refractivity contribution is -0.154. The molecule has 0 radical (unpaired) electrons. The van der Waals surface area contributed by atoms with Crippen LogP contribution in [0.15, 0.2) is 91.0 Å². The van der Waals surface area contributed by atoms with Crippen molar-refractivity contribution < 1.29 is 14.1 Å². The fourth-order valence-electron chi connectivity index (χ4n) is 3.38. The number of ether oxygens (including phenoxy) is 1. The Balaban J connectivity index is 2.15. The Labute approximate surface area is 160 Å². The van der Waals surface area contributed by atoms with E-state index in [0.29, 0.717) is 0 Å². The monoisotopic (exact) mass is 378 g/mol. The first kappa shape index (κ1) is 19.1. The van der Waals surface area contributed by atoms with E-state index in [-0.39, 0.29) is 6.16 Å². The maximum absolute atomic E-state index is 14.4.